The first-order valence-corrected chi connectivity index (χ1v) is 15.2. The highest BCUT2D eigenvalue weighted by atomic mass is 31.3. The van der Waals surface area contributed by atoms with Crippen molar-refractivity contribution in [2.24, 2.45) is 0 Å². The second-order valence-electron chi connectivity index (χ2n) is 7.85. The van der Waals surface area contributed by atoms with Crippen molar-refractivity contribution in [1.29, 1.82) is 0 Å². The van der Waals surface area contributed by atoms with Gasteiger partial charge in [-0.05, 0) is 24.1 Å². The average molecular weight is 595 g/mol. The molecule has 2 aromatic rings. The van der Waals surface area contributed by atoms with E-state index in [9.17, 15) is 33.4 Å². The minimum atomic E-state index is -5.71. The molecule has 1 fully saturated rings. The second-order valence-corrected chi connectivity index (χ2v) is 12.3. The lowest BCUT2D eigenvalue weighted by atomic mass is 10.1. The third-order valence-electron chi connectivity index (χ3n) is 5.02. The monoisotopic (exact) mass is 595 g/mol. The lowest BCUT2D eigenvalue weighted by molar-refractivity contribution is -0.0449. The maximum atomic E-state index is 12.4. The first-order valence-electron chi connectivity index (χ1n) is 10.7. The van der Waals surface area contributed by atoms with Crippen LogP contribution in [0.4, 0.5) is 5.82 Å². The van der Waals surface area contributed by atoms with Gasteiger partial charge in [0.05, 0.1) is 18.3 Å². The predicted molar refractivity (Wildman–Crippen MR) is 129 cm³/mol. The van der Waals surface area contributed by atoms with Gasteiger partial charge in [0.25, 0.3) is 0 Å². The number of hydrogen-bond acceptors (Lipinski definition) is 11. The van der Waals surface area contributed by atoms with Crippen molar-refractivity contribution in [1.82, 2.24) is 9.55 Å². The zero-order chi connectivity index (χ0) is 28.3. The number of aliphatic hydroxyl groups excluding tert-OH is 1. The van der Waals surface area contributed by atoms with Gasteiger partial charge < -0.3 is 35.2 Å². The van der Waals surface area contributed by atoms with E-state index in [4.69, 9.17) is 20.3 Å². The van der Waals surface area contributed by atoms with E-state index in [1.54, 1.807) is 0 Å². The summed E-state index contributed by atoms with van der Waals surface area (Å²) in [7, 11) is -16.7. The van der Waals surface area contributed by atoms with Crippen molar-refractivity contribution >= 4 is 29.3 Å². The number of phosphoric ester groups is 1. The Morgan fingerprint density at radius 3 is 2.37 bits per heavy atom. The quantitative estimate of drug-likeness (QED) is 0.173. The lowest BCUT2D eigenvalue weighted by Crippen LogP contribution is -2.29. The van der Waals surface area contributed by atoms with E-state index in [0.29, 0.717) is 5.56 Å². The zero-order valence-corrected chi connectivity index (χ0v) is 22.2. The van der Waals surface area contributed by atoms with Crippen LogP contribution in [0.3, 0.4) is 0 Å². The van der Waals surface area contributed by atoms with E-state index in [0.717, 1.165) is 16.6 Å². The number of aliphatic hydroxyl groups is 1. The van der Waals surface area contributed by atoms with Crippen LogP contribution in [-0.4, -0.2) is 53.0 Å². The second kappa shape index (κ2) is 11.9. The Morgan fingerprint density at radius 2 is 1.76 bits per heavy atom. The molecule has 1 saturated heterocycles. The number of nitrogen functional groups attached to an aromatic ring is 1. The van der Waals surface area contributed by atoms with Crippen LogP contribution in [0.2, 0.25) is 0 Å². The average Bonchev–Trinajstić information content (AvgIpc) is 3.15. The molecule has 16 nitrogen and oxygen atoms in total. The summed E-state index contributed by atoms with van der Waals surface area (Å²) in [6.45, 7) is 1.13. The molecule has 38 heavy (non-hydrogen) atoms. The molecule has 0 saturated carbocycles. The van der Waals surface area contributed by atoms with Gasteiger partial charge in [0.1, 0.15) is 18.1 Å². The Morgan fingerprint density at radius 1 is 1.11 bits per heavy atom. The van der Waals surface area contributed by atoms with Gasteiger partial charge in [0.2, 0.25) is 0 Å². The molecule has 208 valence electrons. The minimum Gasteiger partial charge on any atom is -0.390 e. The Labute approximate surface area is 215 Å². The Hall–Kier alpha value is -2.21. The molecular weight excluding hydrogens is 571 g/mol. The normalized spacial score (nSPS) is 22.7. The summed E-state index contributed by atoms with van der Waals surface area (Å²) in [5, 5.41) is 10.3. The number of phosphoric acid groups is 3. The van der Waals surface area contributed by atoms with Crippen molar-refractivity contribution in [3.63, 3.8) is 0 Å². The maximum absolute atomic E-state index is 12.4. The third kappa shape index (κ3) is 8.65. The van der Waals surface area contributed by atoms with Crippen LogP contribution < -0.4 is 11.4 Å². The Kier molecular flexibility index (Phi) is 9.49. The first-order chi connectivity index (χ1) is 17.6. The van der Waals surface area contributed by atoms with Gasteiger partial charge in [-0.25, -0.2) is 18.5 Å². The number of anilines is 1. The molecule has 1 aromatic heterocycles. The van der Waals surface area contributed by atoms with Crippen LogP contribution in [-0.2, 0) is 38.0 Å². The van der Waals surface area contributed by atoms with E-state index in [-0.39, 0.29) is 17.8 Å². The number of hydrogen-bond donors (Lipinski definition) is 6. The van der Waals surface area contributed by atoms with Crippen LogP contribution in [0.25, 0.3) is 0 Å². The van der Waals surface area contributed by atoms with E-state index in [2.05, 4.69) is 30.0 Å². The van der Waals surface area contributed by atoms with Crippen molar-refractivity contribution in [2.45, 2.75) is 38.2 Å². The summed E-state index contributed by atoms with van der Waals surface area (Å²) in [5.74, 6) is 5.59. The predicted octanol–water partition coefficient (Wildman–Crippen LogP) is 0.779. The number of benzene rings is 1. The van der Waals surface area contributed by atoms with Crippen LogP contribution in [0, 0.1) is 11.8 Å². The van der Waals surface area contributed by atoms with E-state index in [1.807, 2.05) is 31.2 Å². The van der Waals surface area contributed by atoms with E-state index in [1.165, 1.54) is 6.20 Å². The summed E-state index contributed by atoms with van der Waals surface area (Å²) in [6, 6.07) is 7.49. The number of nitrogens with zero attached hydrogens (tertiary/aromatic N) is 2. The summed E-state index contributed by atoms with van der Waals surface area (Å²) >= 11 is 0. The number of ether oxygens (including phenoxy) is 1. The summed E-state index contributed by atoms with van der Waals surface area (Å²) in [6.07, 6.45) is -1.85. The molecule has 0 radical (unpaired) electrons. The molecule has 1 aromatic carbocycles. The number of nitrogens with two attached hydrogens (primary N) is 1. The standard InChI is InChI=1S/C19H24N3O13P3/c1-2-12-3-5-13(6-4-12)7-8-14-10-22(19(24)21-18(14)20)17-9-15(23)16(33-17)11-32-37(28,29)35-38(30,31)34-36(25,26)27/h3-6,10,15-17,23H,2,9,11H2,1H3,(H,28,29)(H,30,31)(H2,20,21,24)(H2,25,26,27)/t15-,16+,17+/m0/s1. The molecule has 0 bridgehead atoms. The summed E-state index contributed by atoms with van der Waals surface area (Å²) in [4.78, 5) is 52.0. The van der Waals surface area contributed by atoms with E-state index >= 15 is 0 Å². The highest BCUT2D eigenvalue weighted by Gasteiger charge is 2.43. The molecule has 19 heteroatoms. The van der Waals surface area contributed by atoms with Crippen molar-refractivity contribution in [3.8, 4) is 11.8 Å². The molecule has 0 aliphatic carbocycles. The van der Waals surface area contributed by atoms with Gasteiger partial charge in [-0.15, -0.1) is 0 Å². The minimum absolute atomic E-state index is 0.133. The molecule has 2 unspecified atom stereocenters. The SMILES string of the molecule is CCc1ccc(C#Cc2cn([C@H]3C[C@H](O)[C@@H](COP(=O)(O)OP(=O)(O)OP(=O)(O)O)O3)c(=O)nc2N)cc1. The van der Waals surface area contributed by atoms with Crippen LogP contribution in [0.5, 0.6) is 0 Å². The first kappa shape index (κ1) is 30.3. The summed E-state index contributed by atoms with van der Waals surface area (Å²) < 4.78 is 52.3. The lowest BCUT2D eigenvalue weighted by Gasteiger charge is -2.19. The van der Waals surface area contributed by atoms with Gasteiger partial charge in [0.15, 0.2) is 0 Å². The molecule has 1 aliphatic heterocycles. The van der Waals surface area contributed by atoms with E-state index < -0.39 is 54.2 Å². The van der Waals surface area contributed by atoms with Gasteiger partial charge in [-0.2, -0.15) is 13.6 Å². The molecule has 0 amide bonds. The van der Waals surface area contributed by atoms with Crippen LogP contribution in [0.15, 0.2) is 35.3 Å². The molecule has 5 atom stereocenters. The molecule has 7 N–H and O–H groups in total. The fourth-order valence-corrected chi connectivity index (χ4v) is 6.28. The smallest absolute Gasteiger partial charge is 0.390 e. The maximum Gasteiger partial charge on any atom is 0.490 e. The third-order valence-corrected chi connectivity index (χ3v) is 8.82. The van der Waals surface area contributed by atoms with Gasteiger partial charge in [0, 0.05) is 18.2 Å². The Balaban J connectivity index is 1.70. The van der Waals surface area contributed by atoms with Crippen molar-refractivity contribution in [2.75, 3.05) is 12.3 Å². The molecule has 1 aliphatic rings. The summed E-state index contributed by atoms with van der Waals surface area (Å²) in [5.41, 5.74) is 7.01. The van der Waals surface area contributed by atoms with Gasteiger partial charge >= 0.3 is 29.2 Å². The number of aromatic nitrogens is 2. The highest BCUT2D eigenvalue weighted by molar-refractivity contribution is 7.66. The van der Waals surface area contributed by atoms with Gasteiger partial charge in [-0.1, -0.05) is 30.9 Å². The van der Waals surface area contributed by atoms with Crippen LogP contribution in [0.1, 0.15) is 36.3 Å². The highest BCUT2D eigenvalue weighted by Crippen LogP contribution is 2.66. The van der Waals surface area contributed by atoms with Gasteiger partial charge in [-0.3, -0.25) is 9.09 Å². The van der Waals surface area contributed by atoms with Crippen molar-refractivity contribution in [3.05, 3.63) is 57.6 Å². The molecule has 2 heterocycles. The Bertz CT molecular complexity index is 1430. The number of rotatable bonds is 9. The number of aryl methyl sites for hydroxylation is 1. The topological polar surface area (TPSA) is 250 Å². The van der Waals surface area contributed by atoms with Crippen LogP contribution >= 0.6 is 23.5 Å². The fourth-order valence-electron chi connectivity index (χ4n) is 3.25. The molecule has 0 spiro atoms. The molecule has 3 rings (SSSR count). The zero-order valence-electron chi connectivity index (χ0n) is 19.6. The molecular formula is C19H24N3O13P3. The van der Waals surface area contributed by atoms with Crippen molar-refractivity contribution < 1.29 is 56.3 Å². The fraction of sp³-hybridized carbons (Fsp3) is 0.368. The largest absolute Gasteiger partial charge is 0.490 e.